The lowest BCUT2D eigenvalue weighted by Gasteiger charge is -2.05. The Kier molecular flexibility index (Phi) is 3.69. The molecule has 4 nitrogen and oxygen atoms in total. The predicted molar refractivity (Wildman–Crippen MR) is 89.0 cm³/mol. The average Bonchev–Trinajstić information content (AvgIpc) is 2.75. The topological polar surface area (TPSA) is 56.7 Å². The van der Waals surface area contributed by atoms with Gasteiger partial charge in [0, 0.05) is 28.3 Å². The van der Waals surface area contributed by atoms with Crippen LogP contribution >= 0.6 is 27.5 Å². The molecule has 0 unspecified atom stereocenters. The van der Waals surface area contributed by atoms with Gasteiger partial charge in [0.15, 0.2) is 0 Å². The van der Waals surface area contributed by atoms with E-state index in [1.54, 1.807) is 10.9 Å². The maximum absolute atomic E-state index is 6.17. The van der Waals surface area contributed by atoms with Gasteiger partial charge in [-0.05, 0) is 24.3 Å². The maximum Gasteiger partial charge on any atom is 0.131 e. The molecule has 0 bridgehead atoms. The highest BCUT2D eigenvalue weighted by atomic mass is 79.9. The Morgan fingerprint density at radius 1 is 1.24 bits per heavy atom. The quantitative estimate of drug-likeness (QED) is 0.744. The highest BCUT2D eigenvalue weighted by Gasteiger charge is 2.19. The number of benzene rings is 1. The van der Waals surface area contributed by atoms with Gasteiger partial charge >= 0.3 is 0 Å². The Labute approximate surface area is 135 Å². The second-order valence-electron chi connectivity index (χ2n) is 4.57. The third-order valence-electron chi connectivity index (χ3n) is 3.20. The first-order chi connectivity index (χ1) is 10.1. The summed E-state index contributed by atoms with van der Waals surface area (Å²) in [5, 5.41) is 5.19. The number of hydrogen-bond acceptors (Lipinski definition) is 3. The molecule has 0 aliphatic carbocycles. The SMILES string of the molecule is Cn1nc(-c2ccc(Cl)cc2Br)c(-c2ccccn2)c1N. The molecule has 0 atom stereocenters. The first-order valence-electron chi connectivity index (χ1n) is 6.27. The maximum atomic E-state index is 6.17. The van der Waals surface area contributed by atoms with Crippen molar-refractivity contribution in [2.45, 2.75) is 0 Å². The summed E-state index contributed by atoms with van der Waals surface area (Å²) in [5.41, 5.74) is 9.48. The van der Waals surface area contributed by atoms with Crippen molar-refractivity contribution in [3.63, 3.8) is 0 Å². The van der Waals surface area contributed by atoms with Crippen molar-refractivity contribution >= 4 is 33.3 Å². The van der Waals surface area contributed by atoms with Gasteiger partial charge in [-0.2, -0.15) is 5.10 Å². The third kappa shape index (κ3) is 2.54. The van der Waals surface area contributed by atoms with Crippen LogP contribution in [-0.4, -0.2) is 14.8 Å². The van der Waals surface area contributed by atoms with Crippen molar-refractivity contribution in [1.29, 1.82) is 0 Å². The second-order valence-corrected chi connectivity index (χ2v) is 5.86. The summed E-state index contributed by atoms with van der Waals surface area (Å²) in [6.45, 7) is 0. The fraction of sp³-hybridized carbons (Fsp3) is 0.0667. The predicted octanol–water partition coefficient (Wildman–Crippen LogP) is 4.15. The van der Waals surface area contributed by atoms with Crippen LogP contribution in [0.4, 0.5) is 5.82 Å². The van der Waals surface area contributed by atoms with Crippen LogP contribution in [0, 0.1) is 0 Å². The molecular formula is C15H12BrClN4. The van der Waals surface area contributed by atoms with Crippen LogP contribution in [0.5, 0.6) is 0 Å². The standard InChI is InChI=1S/C15H12BrClN4/c1-21-15(18)13(12-4-2-3-7-19-12)14(20-21)10-6-5-9(17)8-11(10)16/h2-8H,18H2,1H3. The van der Waals surface area contributed by atoms with Gasteiger partial charge in [-0.15, -0.1) is 0 Å². The van der Waals surface area contributed by atoms with Gasteiger partial charge in [-0.25, -0.2) is 0 Å². The van der Waals surface area contributed by atoms with Crippen LogP contribution in [0.25, 0.3) is 22.5 Å². The van der Waals surface area contributed by atoms with Gasteiger partial charge in [0.25, 0.3) is 0 Å². The summed E-state index contributed by atoms with van der Waals surface area (Å²) in [5.74, 6) is 0.575. The first kappa shape index (κ1) is 14.1. The zero-order chi connectivity index (χ0) is 15.0. The second kappa shape index (κ2) is 5.50. The van der Waals surface area contributed by atoms with E-state index in [-0.39, 0.29) is 0 Å². The van der Waals surface area contributed by atoms with Crippen molar-refractivity contribution in [2.24, 2.45) is 7.05 Å². The molecule has 1 aromatic carbocycles. The molecule has 0 aliphatic rings. The molecule has 21 heavy (non-hydrogen) atoms. The fourth-order valence-corrected chi connectivity index (χ4v) is 3.04. The molecule has 3 rings (SSSR count). The summed E-state index contributed by atoms with van der Waals surface area (Å²) in [4.78, 5) is 4.38. The number of anilines is 1. The van der Waals surface area contributed by atoms with Crippen molar-refractivity contribution < 1.29 is 0 Å². The lowest BCUT2D eigenvalue weighted by atomic mass is 10.0. The van der Waals surface area contributed by atoms with Crippen LogP contribution in [0.15, 0.2) is 47.1 Å². The van der Waals surface area contributed by atoms with E-state index in [1.165, 1.54) is 0 Å². The minimum Gasteiger partial charge on any atom is -0.383 e. The molecule has 106 valence electrons. The van der Waals surface area contributed by atoms with Crippen LogP contribution in [-0.2, 0) is 7.05 Å². The van der Waals surface area contributed by atoms with E-state index in [4.69, 9.17) is 17.3 Å². The Morgan fingerprint density at radius 2 is 2.05 bits per heavy atom. The third-order valence-corrected chi connectivity index (χ3v) is 4.09. The zero-order valence-electron chi connectivity index (χ0n) is 11.2. The van der Waals surface area contributed by atoms with Gasteiger partial charge in [-0.1, -0.05) is 39.7 Å². The number of nitrogens with two attached hydrogens (primary N) is 1. The molecule has 0 radical (unpaired) electrons. The van der Waals surface area contributed by atoms with Crippen molar-refractivity contribution in [2.75, 3.05) is 5.73 Å². The van der Waals surface area contributed by atoms with Crippen LogP contribution in [0.2, 0.25) is 5.02 Å². The van der Waals surface area contributed by atoms with E-state index in [0.29, 0.717) is 10.8 Å². The number of rotatable bonds is 2. The summed E-state index contributed by atoms with van der Waals surface area (Å²) in [7, 11) is 1.81. The number of halogens is 2. The molecule has 0 amide bonds. The number of aryl methyl sites for hydroxylation is 1. The molecule has 0 aliphatic heterocycles. The van der Waals surface area contributed by atoms with Crippen molar-refractivity contribution in [3.05, 3.63) is 52.1 Å². The number of nitrogen functional groups attached to an aromatic ring is 1. The molecule has 6 heteroatoms. The Balaban J connectivity index is 2.27. The van der Waals surface area contributed by atoms with Gasteiger partial charge in [-0.3, -0.25) is 9.67 Å². The van der Waals surface area contributed by atoms with E-state index >= 15 is 0 Å². The molecular weight excluding hydrogens is 352 g/mol. The smallest absolute Gasteiger partial charge is 0.131 e. The van der Waals surface area contributed by atoms with Crippen molar-refractivity contribution in [3.8, 4) is 22.5 Å². The number of hydrogen-bond donors (Lipinski definition) is 1. The highest BCUT2D eigenvalue weighted by molar-refractivity contribution is 9.10. The van der Waals surface area contributed by atoms with Crippen molar-refractivity contribution in [1.82, 2.24) is 14.8 Å². The number of aromatic nitrogens is 3. The van der Waals surface area contributed by atoms with Gasteiger partial charge < -0.3 is 5.73 Å². The van der Waals surface area contributed by atoms with Crippen LogP contribution < -0.4 is 5.73 Å². The van der Waals surface area contributed by atoms with E-state index in [1.807, 2.05) is 43.4 Å². The molecule has 0 fully saturated rings. The van der Waals surface area contributed by atoms with Crippen LogP contribution in [0.3, 0.4) is 0 Å². The molecule has 0 spiro atoms. The Hall–Kier alpha value is -1.85. The highest BCUT2D eigenvalue weighted by Crippen LogP contribution is 2.38. The minimum absolute atomic E-state index is 0.575. The molecule has 3 aromatic rings. The molecule has 2 heterocycles. The van der Waals surface area contributed by atoms with E-state index in [2.05, 4.69) is 26.0 Å². The minimum atomic E-state index is 0.575. The molecule has 0 saturated heterocycles. The number of pyridine rings is 1. The van der Waals surface area contributed by atoms with E-state index in [9.17, 15) is 0 Å². The zero-order valence-corrected chi connectivity index (χ0v) is 13.6. The van der Waals surface area contributed by atoms with E-state index in [0.717, 1.165) is 27.0 Å². The summed E-state index contributed by atoms with van der Waals surface area (Å²) >= 11 is 9.53. The Morgan fingerprint density at radius 3 is 2.71 bits per heavy atom. The molecule has 2 aromatic heterocycles. The normalized spacial score (nSPS) is 10.8. The van der Waals surface area contributed by atoms with Gasteiger partial charge in [0.05, 0.1) is 11.3 Å². The molecule has 2 N–H and O–H groups in total. The Bertz CT molecular complexity index is 799. The average molecular weight is 364 g/mol. The first-order valence-corrected chi connectivity index (χ1v) is 7.44. The fourth-order valence-electron chi connectivity index (χ4n) is 2.17. The van der Waals surface area contributed by atoms with E-state index < -0.39 is 0 Å². The summed E-state index contributed by atoms with van der Waals surface area (Å²) in [6, 6.07) is 11.3. The lowest BCUT2D eigenvalue weighted by molar-refractivity contribution is 0.782. The summed E-state index contributed by atoms with van der Waals surface area (Å²) < 4.78 is 2.52. The molecule has 0 saturated carbocycles. The van der Waals surface area contributed by atoms with Gasteiger partial charge in [0.1, 0.15) is 11.5 Å². The monoisotopic (exact) mass is 362 g/mol. The van der Waals surface area contributed by atoms with Gasteiger partial charge in [0.2, 0.25) is 0 Å². The van der Waals surface area contributed by atoms with Crippen LogP contribution in [0.1, 0.15) is 0 Å². The lowest BCUT2D eigenvalue weighted by Crippen LogP contribution is -1.98. The number of nitrogens with zero attached hydrogens (tertiary/aromatic N) is 3. The summed E-state index contributed by atoms with van der Waals surface area (Å²) in [6.07, 6.45) is 1.74. The largest absolute Gasteiger partial charge is 0.383 e.